The summed E-state index contributed by atoms with van der Waals surface area (Å²) in [5.41, 5.74) is 4.32. The molecule has 32 heavy (non-hydrogen) atoms. The summed E-state index contributed by atoms with van der Waals surface area (Å²) in [6.45, 7) is 2.24. The van der Waals surface area contributed by atoms with Crippen molar-refractivity contribution in [3.05, 3.63) is 88.8 Å². The second-order valence-electron chi connectivity index (χ2n) is 7.69. The van der Waals surface area contributed by atoms with Crippen LogP contribution in [-0.2, 0) is 13.6 Å². The number of amides is 1. The third-order valence-electron chi connectivity index (χ3n) is 5.58. The van der Waals surface area contributed by atoms with E-state index >= 15 is 0 Å². The largest absolute Gasteiger partial charge is 0.331 e. The molecule has 5 aromatic rings. The van der Waals surface area contributed by atoms with Crippen molar-refractivity contribution in [1.82, 2.24) is 19.1 Å². The van der Waals surface area contributed by atoms with Crippen LogP contribution in [0.15, 0.2) is 60.8 Å². The Morgan fingerprint density at radius 3 is 2.78 bits per heavy atom. The van der Waals surface area contributed by atoms with Crippen LogP contribution in [0.4, 0.5) is 10.1 Å². The minimum Gasteiger partial charge on any atom is -0.331 e. The lowest BCUT2D eigenvalue weighted by Gasteiger charge is -2.12. The van der Waals surface area contributed by atoms with Gasteiger partial charge >= 0.3 is 0 Å². The monoisotopic (exact) mass is 447 g/mol. The number of anilines is 1. The number of nitrogens with zero attached hydrogens (tertiary/aromatic N) is 4. The summed E-state index contributed by atoms with van der Waals surface area (Å²) in [5.74, 6) is 0.272. The molecule has 1 amide bonds. The van der Waals surface area contributed by atoms with Gasteiger partial charge in [-0.15, -0.1) is 0 Å². The molecule has 160 valence electrons. The van der Waals surface area contributed by atoms with Crippen molar-refractivity contribution in [3.63, 3.8) is 0 Å². The second-order valence-corrected chi connectivity index (χ2v) is 8.07. The van der Waals surface area contributed by atoms with E-state index in [1.807, 2.05) is 47.4 Å². The Balaban J connectivity index is 1.54. The molecule has 0 aliphatic heterocycles. The first-order chi connectivity index (χ1) is 15.4. The summed E-state index contributed by atoms with van der Waals surface area (Å²) in [6.07, 6.45) is 1.62. The number of nitrogens with one attached hydrogen (secondary N) is 1. The van der Waals surface area contributed by atoms with Crippen LogP contribution >= 0.6 is 11.6 Å². The molecule has 0 saturated heterocycles. The number of imidazole rings is 1. The van der Waals surface area contributed by atoms with Crippen molar-refractivity contribution in [2.75, 3.05) is 5.32 Å². The lowest BCUT2D eigenvalue weighted by molar-refractivity contribution is 0.101. The number of aryl methyl sites for hydroxylation is 2. The van der Waals surface area contributed by atoms with Crippen LogP contribution < -0.4 is 5.32 Å². The van der Waals surface area contributed by atoms with Gasteiger partial charge in [-0.1, -0.05) is 23.7 Å². The van der Waals surface area contributed by atoms with Gasteiger partial charge in [0.2, 0.25) is 0 Å². The number of fused-ring (bicyclic) bond motifs is 2. The minimum atomic E-state index is -0.329. The average Bonchev–Trinajstić information content (AvgIpc) is 3.24. The fourth-order valence-corrected chi connectivity index (χ4v) is 4.07. The Labute approximate surface area is 188 Å². The summed E-state index contributed by atoms with van der Waals surface area (Å²) < 4.78 is 17.5. The van der Waals surface area contributed by atoms with Gasteiger partial charge in [0.25, 0.3) is 5.91 Å². The molecule has 3 heterocycles. The van der Waals surface area contributed by atoms with Crippen LogP contribution in [0.5, 0.6) is 0 Å². The van der Waals surface area contributed by atoms with Gasteiger partial charge in [0.05, 0.1) is 22.7 Å². The van der Waals surface area contributed by atoms with Crippen LogP contribution in [0, 0.1) is 12.7 Å². The lowest BCUT2D eigenvalue weighted by Crippen LogP contribution is -2.17. The molecule has 0 radical (unpaired) electrons. The Hall–Kier alpha value is -3.71. The van der Waals surface area contributed by atoms with E-state index in [0.29, 0.717) is 23.1 Å². The van der Waals surface area contributed by atoms with E-state index in [2.05, 4.69) is 15.3 Å². The molecule has 0 spiro atoms. The van der Waals surface area contributed by atoms with Crippen molar-refractivity contribution in [3.8, 4) is 0 Å². The maximum Gasteiger partial charge on any atom is 0.272 e. The quantitative estimate of drug-likeness (QED) is 0.379. The molecule has 6 nitrogen and oxygen atoms in total. The van der Waals surface area contributed by atoms with E-state index in [1.54, 1.807) is 24.4 Å². The fraction of sp³-hybridized carbons (Fsp3) is 0.125. The molecular formula is C24H19ClFN5O. The molecule has 1 N–H and O–H groups in total. The van der Waals surface area contributed by atoms with E-state index in [9.17, 15) is 9.18 Å². The van der Waals surface area contributed by atoms with Crippen LogP contribution in [-0.4, -0.2) is 25.0 Å². The van der Waals surface area contributed by atoms with Crippen molar-refractivity contribution < 1.29 is 9.18 Å². The predicted octanol–water partition coefficient (Wildman–Crippen LogP) is 5.32. The summed E-state index contributed by atoms with van der Waals surface area (Å²) in [7, 11) is 1.95. The molecule has 0 aliphatic carbocycles. The van der Waals surface area contributed by atoms with Crippen LogP contribution in [0.2, 0.25) is 5.15 Å². The zero-order valence-corrected chi connectivity index (χ0v) is 18.2. The first kappa shape index (κ1) is 20.2. The van der Waals surface area contributed by atoms with Gasteiger partial charge in [0, 0.05) is 24.7 Å². The van der Waals surface area contributed by atoms with E-state index in [1.165, 1.54) is 12.1 Å². The highest BCUT2D eigenvalue weighted by Crippen LogP contribution is 2.25. The van der Waals surface area contributed by atoms with E-state index in [0.717, 1.165) is 33.3 Å². The number of pyridine rings is 1. The van der Waals surface area contributed by atoms with Crippen molar-refractivity contribution in [2.24, 2.45) is 7.05 Å². The third kappa shape index (κ3) is 3.61. The molecule has 3 aromatic heterocycles. The minimum absolute atomic E-state index is 0.291. The van der Waals surface area contributed by atoms with Gasteiger partial charge in [0.15, 0.2) is 0 Å². The number of hydrogen-bond donors (Lipinski definition) is 1. The molecule has 0 saturated carbocycles. The number of hydrogen-bond acceptors (Lipinski definition) is 3. The van der Waals surface area contributed by atoms with Crippen LogP contribution in [0.25, 0.3) is 21.9 Å². The molecule has 0 fully saturated rings. The number of carbonyl (C=O) groups is 1. The third-order valence-corrected chi connectivity index (χ3v) is 5.79. The van der Waals surface area contributed by atoms with Crippen molar-refractivity contribution >= 4 is 45.1 Å². The van der Waals surface area contributed by atoms with Crippen molar-refractivity contribution in [2.45, 2.75) is 13.5 Å². The number of carbonyl (C=O) groups excluding carboxylic acids is 1. The molecule has 0 atom stereocenters. The molecule has 0 aliphatic rings. The first-order valence-corrected chi connectivity index (χ1v) is 10.4. The standard InChI is InChI=1S/C24H19ClFN5O/c1-14-28-19-11-18(6-7-20(19)30(14)2)29-24(32)21-9-16-10-23(25)27-12-22(16)31(21)13-15-4-3-5-17(26)8-15/h3-12H,13H2,1-2H3,(H,29,32). The zero-order chi connectivity index (χ0) is 22.4. The van der Waals surface area contributed by atoms with E-state index in [-0.39, 0.29) is 11.7 Å². The van der Waals surface area contributed by atoms with Crippen LogP contribution in [0.1, 0.15) is 21.9 Å². The number of halogens is 2. The van der Waals surface area contributed by atoms with E-state index in [4.69, 9.17) is 11.6 Å². The number of benzene rings is 2. The number of aromatic nitrogens is 4. The highest BCUT2D eigenvalue weighted by Gasteiger charge is 2.18. The van der Waals surface area contributed by atoms with Gasteiger partial charge < -0.3 is 14.5 Å². The molecule has 5 rings (SSSR count). The molecule has 8 heteroatoms. The molecule has 0 unspecified atom stereocenters. The summed E-state index contributed by atoms with van der Waals surface area (Å²) >= 11 is 6.06. The SMILES string of the molecule is Cc1nc2cc(NC(=O)c3cc4cc(Cl)ncc4n3Cc3cccc(F)c3)ccc2n1C. The Morgan fingerprint density at radius 1 is 1.12 bits per heavy atom. The second kappa shape index (κ2) is 7.76. The maximum atomic E-state index is 13.7. The van der Waals surface area contributed by atoms with E-state index < -0.39 is 0 Å². The zero-order valence-electron chi connectivity index (χ0n) is 17.4. The van der Waals surface area contributed by atoms with Crippen molar-refractivity contribution in [1.29, 1.82) is 0 Å². The highest BCUT2D eigenvalue weighted by atomic mass is 35.5. The number of rotatable bonds is 4. The molecule has 2 aromatic carbocycles. The predicted molar refractivity (Wildman–Crippen MR) is 124 cm³/mol. The average molecular weight is 448 g/mol. The molecule has 0 bridgehead atoms. The smallest absolute Gasteiger partial charge is 0.272 e. The summed E-state index contributed by atoms with van der Waals surface area (Å²) in [4.78, 5) is 22.0. The van der Waals surface area contributed by atoms with Gasteiger partial charge in [-0.3, -0.25) is 4.79 Å². The Kier molecular flexibility index (Phi) is 4.90. The topological polar surface area (TPSA) is 64.7 Å². The lowest BCUT2D eigenvalue weighted by atomic mass is 10.2. The Morgan fingerprint density at radius 2 is 1.97 bits per heavy atom. The summed E-state index contributed by atoms with van der Waals surface area (Å²) in [6, 6.07) is 15.4. The van der Waals surface area contributed by atoms with Crippen LogP contribution in [0.3, 0.4) is 0 Å². The normalized spacial score (nSPS) is 11.4. The molecular weight excluding hydrogens is 429 g/mol. The highest BCUT2D eigenvalue weighted by molar-refractivity contribution is 6.30. The van der Waals surface area contributed by atoms with Gasteiger partial charge in [-0.05, 0) is 55.0 Å². The Bertz CT molecular complexity index is 1500. The van der Waals surface area contributed by atoms with Gasteiger partial charge in [-0.2, -0.15) is 0 Å². The fourth-order valence-electron chi connectivity index (χ4n) is 3.90. The van der Waals surface area contributed by atoms with Gasteiger partial charge in [-0.25, -0.2) is 14.4 Å². The summed E-state index contributed by atoms with van der Waals surface area (Å²) in [5, 5.41) is 4.07. The first-order valence-electron chi connectivity index (χ1n) is 10.0. The van der Waals surface area contributed by atoms with Gasteiger partial charge in [0.1, 0.15) is 22.5 Å². The maximum absolute atomic E-state index is 13.7.